The van der Waals surface area contributed by atoms with E-state index >= 15 is 0 Å². The Morgan fingerprint density at radius 1 is 1.53 bits per heavy atom. The fourth-order valence-corrected chi connectivity index (χ4v) is 3.47. The summed E-state index contributed by atoms with van der Waals surface area (Å²) in [4.78, 5) is 0. The summed E-state index contributed by atoms with van der Waals surface area (Å²) in [6.45, 7) is 2.99. The number of benzene rings is 1. The average molecular weight is 322 g/mol. The van der Waals surface area contributed by atoms with E-state index in [0.29, 0.717) is 11.3 Å². The first-order chi connectivity index (χ1) is 7.72. The van der Waals surface area contributed by atoms with Crippen LogP contribution in [0.2, 0.25) is 0 Å². The van der Waals surface area contributed by atoms with Crippen molar-refractivity contribution in [2.75, 3.05) is 11.5 Å². The summed E-state index contributed by atoms with van der Waals surface area (Å²) in [5.74, 6) is -0.0475. The van der Waals surface area contributed by atoms with Crippen LogP contribution in [0.3, 0.4) is 0 Å². The highest BCUT2D eigenvalue weighted by atomic mass is 79.9. The number of anilines is 1. The van der Waals surface area contributed by atoms with Crippen LogP contribution in [0.1, 0.15) is 25.5 Å². The van der Waals surface area contributed by atoms with Gasteiger partial charge in [0.1, 0.15) is 6.10 Å². The third-order valence-corrected chi connectivity index (χ3v) is 6.82. The topological polar surface area (TPSA) is 80.4 Å². The van der Waals surface area contributed by atoms with Crippen LogP contribution in [-0.2, 0) is 9.84 Å². The van der Waals surface area contributed by atoms with Gasteiger partial charge in [-0.1, -0.05) is 35.0 Å². The molecule has 0 aliphatic carbocycles. The van der Waals surface area contributed by atoms with Gasteiger partial charge in [-0.3, -0.25) is 0 Å². The lowest BCUT2D eigenvalue weighted by molar-refractivity contribution is 0.167. The van der Waals surface area contributed by atoms with Crippen LogP contribution in [0, 0.1) is 0 Å². The Kier molecular flexibility index (Phi) is 4.22. The summed E-state index contributed by atoms with van der Waals surface area (Å²) in [5.41, 5.74) is 6.56. The standard InChI is InChI=1S/C11H16BrNO3S/c1-3-17(15,16)11(2,12)10(14)8-5-4-6-9(13)7-8/h4-7,10,14H,3,13H2,1-2H3/t10-,11-/m0/s1. The number of hydrogen-bond donors (Lipinski definition) is 2. The maximum Gasteiger partial charge on any atom is 0.168 e. The molecule has 0 aromatic heterocycles. The molecule has 4 nitrogen and oxygen atoms in total. The largest absolute Gasteiger partial charge is 0.399 e. The van der Waals surface area contributed by atoms with Gasteiger partial charge in [-0.25, -0.2) is 8.42 Å². The Hall–Kier alpha value is -0.590. The molecule has 0 amide bonds. The van der Waals surface area contributed by atoms with Crippen molar-refractivity contribution >= 4 is 31.5 Å². The molecule has 96 valence electrons. The van der Waals surface area contributed by atoms with Gasteiger partial charge in [0.25, 0.3) is 0 Å². The van der Waals surface area contributed by atoms with Crippen LogP contribution in [-0.4, -0.2) is 22.9 Å². The fourth-order valence-electron chi connectivity index (χ4n) is 1.48. The lowest BCUT2D eigenvalue weighted by atomic mass is 10.1. The third-order valence-electron chi connectivity index (χ3n) is 2.70. The van der Waals surface area contributed by atoms with E-state index in [1.165, 1.54) is 6.92 Å². The van der Waals surface area contributed by atoms with E-state index in [-0.39, 0.29) is 5.75 Å². The van der Waals surface area contributed by atoms with Crippen molar-refractivity contribution in [3.05, 3.63) is 29.8 Å². The van der Waals surface area contributed by atoms with E-state index < -0.39 is 19.6 Å². The quantitative estimate of drug-likeness (QED) is 0.655. The van der Waals surface area contributed by atoms with Crippen molar-refractivity contribution in [2.45, 2.75) is 23.6 Å². The summed E-state index contributed by atoms with van der Waals surface area (Å²) >= 11 is 3.11. The highest BCUT2D eigenvalue weighted by molar-refractivity contribution is 9.11. The minimum atomic E-state index is -3.43. The number of rotatable bonds is 4. The van der Waals surface area contributed by atoms with Gasteiger partial charge in [0.15, 0.2) is 13.5 Å². The smallest absolute Gasteiger partial charge is 0.168 e. The average Bonchev–Trinajstić information content (AvgIpc) is 2.27. The summed E-state index contributed by atoms with van der Waals surface area (Å²) in [6.07, 6.45) is -1.17. The molecule has 1 aromatic carbocycles. The van der Waals surface area contributed by atoms with E-state index in [4.69, 9.17) is 5.73 Å². The lowest BCUT2D eigenvalue weighted by Crippen LogP contribution is -2.36. The molecule has 0 saturated carbocycles. The number of hydrogen-bond acceptors (Lipinski definition) is 4. The van der Waals surface area contributed by atoms with Crippen LogP contribution >= 0.6 is 15.9 Å². The Bertz CT molecular complexity index is 499. The van der Waals surface area contributed by atoms with E-state index in [2.05, 4.69) is 15.9 Å². The molecular formula is C11H16BrNO3S. The van der Waals surface area contributed by atoms with Crippen molar-refractivity contribution in [3.63, 3.8) is 0 Å². The van der Waals surface area contributed by atoms with Gasteiger partial charge < -0.3 is 10.8 Å². The second-order valence-electron chi connectivity index (χ2n) is 3.96. The molecular weight excluding hydrogens is 306 g/mol. The Morgan fingerprint density at radius 3 is 2.59 bits per heavy atom. The normalized spacial score (nSPS) is 17.4. The molecule has 0 heterocycles. The fraction of sp³-hybridized carbons (Fsp3) is 0.455. The van der Waals surface area contributed by atoms with Gasteiger partial charge in [0, 0.05) is 11.4 Å². The Morgan fingerprint density at radius 2 is 2.12 bits per heavy atom. The number of halogens is 1. The molecule has 17 heavy (non-hydrogen) atoms. The molecule has 0 bridgehead atoms. The molecule has 0 fully saturated rings. The number of aliphatic hydroxyl groups excluding tert-OH is 1. The zero-order valence-corrected chi connectivity index (χ0v) is 12.1. The second-order valence-corrected chi connectivity index (χ2v) is 8.79. The number of aliphatic hydroxyl groups is 1. The Balaban J connectivity index is 3.17. The van der Waals surface area contributed by atoms with Crippen molar-refractivity contribution in [3.8, 4) is 0 Å². The monoisotopic (exact) mass is 321 g/mol. The van der Waals surface area contributed by atoms with Crippen LogP contribution < -0.4 is 5.73 Å². The molecule has 0 saturated heterocycles. The molecule has 2 atom stereocenters. The maximum atomic E-state index is 11.9. The first-order valence-corrected chi connectivity index (χ1v) is 7.61. The van der Waals surface area contributed by atoms with Crippen molar-refractivity contribution < 1.29 is 13.5 Å². The van der Waals surface area contributed by atoms with Gasteiger partial charge in [-0.2, -0.15) is 0 Å². The molecule has 0 aliphatic rings. The number of nitrogen functional groups attached to an aromatic ring is 1. The predicted octanol–water partition coefficient (Wildman–Crippen LogP) is 1.85. The van der Waals surface area contributed by atoms with Gasteiger partial charge in [0.05, 0.1) is 0 Å². The number of alkyl halides is 1. The van der Waals surface area contributed by atoms with Crippen molar-refractivity contribution in [1.82, 2.24) is 0 Å². The van der Waals surface area contributed by atoms with E-state index in [1.54, 1.807) is 31.2 Å². The highest BCUT2D eigenvalue weighted by Gasteiger charge is 2.42. The SMILES string of the molecule is CCS(=O)(=O)[C@](C)(Br)[C@@H](O)c1cccc(N)c1. The van der Waals surface area contributed by atoms with Crippen LogP contribution in [0.25, 0.3) is 0 Å². The maximum absolute atomic E-state index is 11.9. The third kappa shape index (κ3) is 2.81. The van der Waals surface area contributed by atoms with Crippen LogP contribution in [0.4, 0.5) is 5.69 Å². The molecule has 6 heteroatoms. The van der Waals surface area contributed by atoms with Crippen LogP contribution in [0.5, 0.6) is 0 Å². The van der Waals surface area contributed by atoms with Gasteiger partial charge in [-0.15, -0.1) is 0 Å². The van der Waals surface area contributed by atoms with Gasteiger partial charge >= 0.3 is 0 Å². The zero-order chi connectivity index (χ0) is 13.3. The van der Waals surface area contributed by atoms with Crippen LogP contribution in [0.15, 0.2) is 24.3 Å². The second kappa shape index (κ2) is 4.96. The summed E-state index contributed by atoms with van der Waals surface area (Å²) in [6, 6.07) is 6.56. The van der Waals surface area contributed by atoms with Crippen molar-refractivity contribution in [1.29, 1.82) is 0 Å². The molecule has 1 rings (SSSR count). The first kappa shape index (κ1) is 14.5. The highest BCUT2D eigenvalue weighted by Crippen LogP contribution is 2.39. The molecule has 0 aliphatic heterocycles. The summed E-state index contributed by atoms with van der Waals surface area (Å²) < 4.78 is 22.4. The molecule has 0 spiro atoms. The van der Waals surface area contributed by atoms with E-state index in [1.807, 2.05) is 0 Å². The molecule has 3 N–H and O–H groups in total. The van der Waals surface area contributed by atoms with E-state index in [9.17, 15) is 13.5 Å². The molecule has 0 radical (unpaired) electrons. The molecule has 0 unspecified atom stereocenters. The first-order valence-electron chi connectivity index (χ1n) is 5.17. The number of nitrogens with two attached hydrogens (primary N) is 1. The lowest BCUT2D eigenvalue weighted by Gasteiger charge is -2.28. The van der Waals surface area contributed by atoms with Gasteiger partial charge in [0.2, 0.25) is 0 Å². The summed E-state index contributed by atoms with van der Waals surface area (Å²) in [5, 5.41) is 10.2. The van der Waals surface area contributed by atoms with E-state index in [0.717, 1.165) is 0 Å². The summed E-state index contributed by atoms with van der Waals surface area (Å²) in [7, 11) is -3.43. The minimum Gasteiger partial charge on any atom is -0.399 e. The number of sulfone groups is 1. The van der Waals surface area contributed by atoms with Crippen molar-refractivity contribution in [2.24, 2.45) is 0 Å². The minimum absolute atomic E-state index is 0.0475. The molecule has 1 aromatic rings. The Labute approximate surface area is 110 Å². The predicted molar refractivity (Wildman–Crippen MR) is 72.6 cm³/mol. The zero-order valence-electron chi connectivity index (χ0n) is 9.72. The van der Waals surface area contributed by atoms with Gasteiger partial charge in [-0.05, 0) is 24.6 Å².